The van der Waals surface area contributed by atoms with Crippen LogP contribution in [0.25, 0.3) is 0 Å². The van der Waals surface area contributed by atoms with Crippen molar-refractivity contribution in [3.63, 3.8) is 0 Å². The first-order chi connectivity index (χ1) is 8.45. The lowest BCUT2D eigenvalue weighted by Crippen LogP contribution is -2.30. The molecule has 1 aromatic rings. The number of nitrogens with zero attached hydrogens (tertiary/aromatic N) is 1. The van der Waals surface area contributed by atoms with Crippen LogP contribution in [0.2, 0.25) is 0 Å². The summed E-state index contributed by atoms with van der Waals surface area (Å²) in [5, 5.41) is 11.1. The normalized spacial score (nSPS) is 17.4. The summed E-state index contributed by atoms with van der Waals surface area (Å²) >= 11 is 3.88. The van der Waals surface area contributed by atoms with Gasteiger partial charge in [0.05, 0.1) is 5.01 Å². The predicted molar refractivity (Wildman–Crippen MR) is 77.0 cm³/mol. The fraction of sp³-hybridized carbons (Fsp3) is 0.750. The molecule has 3 nitrogen and oxygen atoms in total. The fourth-order valence-corrected chi connectivity index (χ4v) is 3.74. The van der Waals surface area contributed by atoms with E-state index in [9.17, 15) is 0 Å². The van der Waals surface area contributed by atoms with Crippen LogP contribution in [0.3, 0.4) is 0 Å². The number of hydrogen-bond acceptors (Lipinski definition) is 5. The number of aromatic nitrogens is 1. The van der Waals surface area contributed by atoms with Gasteiger partial charge in [-0.15, -0.1) is 11.3 Å². The molecule has 1 aliphatic heterocycles. The maximum Gasteiger partial charge on any atom is 0.0937 e. The number of nitrogens with one attached hydrogen (secondary N) is 2. The third kappa shape index (κ3) is 5.38. The van der Waals surface area contributed by atoms with Crippen LogP contribution in [0, 0.1) is 0 Å². The molecular formula is C12H21N3S2. The van der Waals surface area contributed by atoms with E-state index in [4.69, 9.17) is 0 Å². The zero-order chi connectivity index (χ0) is 11.8. The lowest BCUT2D eigenvalue weighted by atomic mass is 10.2. The van der Waals surface area contributed by atoms with Crippen LogP contribution in [0.4, 0.5) is 0 Å². The Morgan fingerprint density at radius 1 is 1.41 bits per heavy atom. The number of hydrogen-bond donors (Lipinski definition) is 2. The van der Waals surface area contributed by atoms with Gasteiger partial charge in [0.25, 0.3) is 0 Å². The van der Waals surface area contributed by atoms with Crippen LogP contribution in [0.5, 0.6) is 0 Å². The van der Waals surface area contributed by atoms with Crippen molar-refractivity contribution in [3.05, 3.63) is 16.6 Å². The summed E-state index contributed by atoms with van der Waals surface area (Å²) in [6, 6.07) is 0. The lowest BCUT2D eigenvalue weighted by Gasteiger charge is -2.21. The smallest absolute Gasteiger partial charge is 0.0937 e. The van der Waals surface area contributed by atoms with Gasteiger partial charge in [-0.25, -0.2) is 4.98 Å². The zero-order valence-electron chi connectivity index (χ0n) is 10.2. The summed E-state index contributed by atoms with van der Waals surface area (Å²) in [6.07, 6.45) is 5.62. The van der Waals surface area contributed by atoms with Gasteiger partial charge in [-0.3, -0.25) is 0 Å². The third-order valence-electron chi connectivity index (χ3n) is 2.92. The summed E-state index contributed by atoms with van der Waals surface area (Å²) in [6.45, 7) is 4.59. The van der Waals surface area contributed by atoms with Gasteiger partial charge in [0.2, 0.25) is 0 Å². The van der Waals surface area contributed by atoms with Crippen molar-refractivity contribution in [1.82, 2.24) is 15.6 Å². The van der Waals surface area contributed by atoms with E-state index in [0.29, 0.717) is 0 Å². The SMILES string of the molecule is c1csc(CCNCCSC2CCNCC2)n1. The molecule has 2 rings (SSSR count). The van der Waals surface area contributed by atoms with Crippen molar-refractivity contribution in [2.45, 2.75) is 24.5 Å². The Morgan fingerprint density at radius 2 is 2.29 bits per heavy atom. The Morgan fingerprint density at radius 3 is 3.06 bits per heavy atom. The molecule has 0 aliphatic carbocycles. The first kappa shape index (κ1) is 13.3. The Balaban J connectivity index is 1.43. The van der Waals surface area contributed by atoms with Gasteiger partial charge in [0.1, 0.15) is 0 Å². The largest absolute Gasteiger partial charge is 0.317 e. The van der Waals surface area contributed by atoms with Gasteiger partial charge in [-0.05, 0) is 25.9 Å². The van der Waals surface area contributed by atoms with E-state index in [-0.39, 0.29) is 0 Å². The maximum atomic E-state index is 4.27. The summed E-state index contributed by atoms with van der Waals surface area (Å²) in [4.78, 5) is 4.27. The minimum Gasteiger partial charge on any atom is -0.317 e. The fourth-order valence-electron chi connectivity index (χ4n) is 1.96. The molecule has 1 aromatic heterocycles. The van der Waals surface area contributed by atoms with Gasteiger partial charge < -0.3 is 10.6 Å². The van der Waals surface area contributed by atoms with Gasteiger partial charge in [0, 0.05) is 42.1 Å². The molecule has 1 aliphatic rings. The molecule has 0 amide bonds. The molecule has 0 unspecified atom stereocenters. The average Bonchev–Trinajstić information content (AvgIpc) is 2.88. The van der Waals surface area contributed by atoms with Crippen LogP contribution in [0.1, 0.15) is 17.8 Å². The van der Waals surface area contributed by atoms with E-state index >= 15 is 0 Å². The molecule has 96 valence electrons. The first-order valence-corrected chi connectivity index (χ1v) is 8.29. The lowest BCUT2D eigenvalue weighted by molar-refractivity contribution is 0.531. The molecular weight excluding hydrogens is 250 g/mol. The van der Waals surface area contributed by atoms with Crippen LogP contribution in [-0.4, -0.2) is 42.2 Å². The van der Waals surface area contributed by atoms with Crippen molar-refractivity contribution in [2.75, 3.05) is 31.9 Å². The molecule has 1 fully saturated rings. The van der Waals surface area contributed by atoms with Gasteiger partial charge in [-0.2, -0.15) is 11.8 Å². The molecule has 0 aromatic carbocycles. The Kier molecular flexibility index (Phi) is 6.34. The van der Waals surface area contributed by atoms with Crippen LogP contribution >= 0.6 is 23.1 Å². The topological polar surface area (TPSA) is 37.0 Å². The highest BCUT2D eigenvalue weighted by atomic mass is 32.2. The van der Waals surface area contributed by atoms with Gasteiger partial charge in [0.15, 0.2) is 0 Å². The highest BCUT2D eigenvalue weighted by Crippen LogP contribution is 2.19. The molecule has 0 saturated carbocycles. The molecule has 0 bridgehead atoms. The minimum absolute atomic E-state index is 0.886. The van der Waals surface area contributed by atoms with Crippen LogP contribution in [-0.2, 0) is 6.42 Å². The molecule has 0 spiro atoms. The number of thiazole rings is 1. The van der Waals surface area contributed by atoms with E-state index in [1.807, 2.05) is 11.6 Å². The highest BCUT2D eigenvalue weighted by molar-refractivity contribution is 7.99. The second-order valence-corrected chi connectivity index (χ2v) is 6.63. The monoisotopic (exact) mass is 271 g/mol. The van der Waals surface area contributed by atoms with E-state index in [2.05, 4.69) is 27.4 Å². The summed E-state index contributed by atoms with van der Waals surface area (Å²) in [5.41, 5.74) is 0. The zero-order valence-corrected chi connectivity index (χ0v) is 11.8. The molecule has 0 radical (unpaired) electrons. The molecule has 2 heterocycles. The molecule has 2 N–H and O–H groups in total. The molecule has 17 heavy (non-hydrogen) atoms. The Bertz CT molecular complexity index is 284. The summed E-state index contributed by atoms with van der Waals surface area (Å²) < 4.78 is 0. The summed E-state index contributed by atoms with van der Waals surface area (Å²) in [7, 11) is 0. The van der Waals surface area contributed by atoms with Crippen LogP contribution in [0.15, 0.2) is 11.6 Å². The van der Waals surface area contributed by atoms with Crippen LogP contribution < -0.4 is 10.6 Å². The van der Waals surface area contributed by atoms with Crippen molar-refractivity contribution in [1.29, 1.82) is 0 Å². The first-order valence-electron chi connectivity index (χ1n) is 6.36. The number of rotatable bonds is 7. The standard InChI is InChI=1S/C12H21N3S2/c1-4-13-5-2-11(1)16-9-7-14-6-3-12-15-8-10-17-12/h8,10-11,13-14H,1-7,9H2. The third-order valence-corrected chi connectivity index (χ3v) is 5.14. The second-order valence-electron chi connectivity index (χ2n) is 4.25. The average molecular weight is 271 g/mol. The quantitative estimate of drug-likeness (QED) is 0.741. The minimum atomic E-state index is 0.886. The van der Waals surface area contributed by atoms with E-state index in [1.54, 1.807) is 11.3 Å². The van der Waals surface area contributed by atoms with Gasteiger partial charge in [-0.1, -0.05) is 0 Å². The Hall–Kier alpha value is -0.100. The number of piperidine rings is 1. The molecule has 1 saturated heterocycles. The second kappa shape index (κ2) is 8.08. The van der Waals surface area contributed by atoms with Crippen molar-refractivity contribution in [3.8, 4) is 0 Å². The maximum absolute atomic E-state index is 4.27. The highest BCUT2D eigenvalue weighted by Gasteiger charge is 2.12. The molecule has 5 heteroatoms. The number of thioether (sulfide) groups is 1. The summed E-state index contributed by atoms with van der Waals surface area (Å²) in [5.74, 6) is 1.24. The van der Waals surface area contributed by atoms with Crippen molar-refractivity contribution < 1.29 is 0 Å². The Labute approximate surface area is 112 Å². The van der Waals surface area contributed by atoms with E-state index in [1.165, 1.54) is 36.7 Å². The van der Waals surface area contributed by atoms with Crippen molar-refractivity contribution in [2.24, 2.45) is 0 Å². The van der Waals surface area contributed by atoms with E-state index < -0.39 is 0 Å². The predicted octanol–water partition coefficient (Wildman–Crippen LogP) is 1.76. The molecule has 0 atom stereocenters. The van der Waals surface area contributed by atoms with Gasteiger partial charge >= 0.3 is 0 Å². The van der Waals surface area contributed by atoms with E-state index in [0.717, 1.165) is 24.8 Å². The van der Waals surface area contributed by atoms with Crippen molar-refractivity contribution >= 4 is 23.1 Å².